The Morgan fingerprint density at radius 1 is 1.47 bits per heavy atom. The lowest BCUT2D eigenvalue weighted by Crippen LogP contribution is -2.36. The van der Waals surface area contributed by atoms with Crippen LogP contribution in [0.1, 0.15) is 15.9 Å². The van der Waals surface area contributed by atoms with Crippen molar-refractivity contribution < 1.29 is 22.8 Å². The van der Waals surface area contributed by atoms with Gasteiger partial charge in [0.25, 0.3) is 0 Å². The predicted molar refractivity (Wildman–Crippen MR) is 55.7 cm³/mol. The van der Waals surface area contributed by atoms with Crippen LogP contribution >= 0.6 is 0 Å². The Hall–Kier alpha value is -2.15. The van der Waals surface area contributed by atoms with Gasteiger partial charge in [0.2, 0.25) is 0 Å². The number of azide groups is 1. The van der Waals surface area contributed by atoms with Crippen LogP contribution in [-0.4, -0.2) is 18.1 Å². The number of carboxylic acid groups (broad SMARTS) is 1. The normalized spacial score (nSPS) is 10.8. The molecule has 1 aromatic rings. The van der Waals surface area contributed by atoms with Crippen molar-refractivity contribution in [1.29, 1.82) is 0 Å². The molecule has 9 heteroatoms. The maximum absolute atomic E-state index is 12.6. The number of rotatable bonds is 3. The summed E-state index contributed by atoms with van der Waals surface area (Å²) in [5.74, 6) is -1.51. The maximum atomic E-state index is 12.6. The minimum absolute atomic E-state index is 0.277. The first kappa shape index (κ1) is 12.9. The van der Waals surface area contributed by atoms with Crippen molar-refractivity contribution in [2.45, 2.75) is 6.92 Å². The first-order valence-electron chi connectivity index (χ1n) is 4.40. The standard InChI is InChI=1S/C8H6BF3N3O2/c1-4-6(9(10,11)12)2-5(8(16)17)3-7(4)14-15-13/h2-3H,1H3,(H,16,17)/q-1. The third-order valence-electron chi connectivity index (χ3n) is 2.17. The van der Waals surface area contributed by atoms with Crippen LogP contribution < -0.4 is 5.46 Å². The summed E-state index contributed by atoms with van der Waals surface area (Å²) in [7, 11) is 0. The molecule has 0 radical (unpaired) electrons. The van der Waals surface area contributed by atoms with E-state index in [4.69, 9.17) is 10.6 Å². The van der Waals surface area contributed by atoms with E-state index in [1.54, 1.807) is 0 Å². The molecule has 0 heterocycles. The van der Waals surface area contributed by atoms with Crippen molar-refractivity contribution in [1.82, 2.24) is 0 Å². The summed E-state index contributed by atoms with van der Waals surface area (Å²) < 4.78 is 37.9. The lowest BCUT2D eigenvalue weighted by molar-refractivity contribution is 0.0697. The quantitative estimate of drug-likeness (QED) is 0.383. The van der Waals surface area contributed by atoms with Gasteiger partial charge in [-0.25, -0.2) is 4.79 Å². The fraction of sp³-hybridized carbons (Fsp3) is 0.125. The molecule has 1 aromatic carbocycles. The Kier molecular flexibility index (Phi) is 3.33. The molecule has 0 aliphatic heterocycles. The van der Waals surface area contributed by atoms with Crippen LogP contribution in [0.15, 0.2) is 17.2 Å². The van der Waals surface area contributed by atoms with Crippen molar-refractivity contribution in [3.63, 3.8) is 0 Å². The van der Waals surface area contributed by atoms with Crippen LogP contribution in [0.2, 0.25) is 0 Å². The molecule has 0 saturated carbocycles. The molecule has 0 atom stereocenters. The van der Waals surface area contributed by atoms with E-state index in [2.05, 4.69) is 10.0 Å². The molecular formula is C8H6BF3N3O2-. The first-order valence-corrected chi connectivity index (χ1v) is 4.40. The second-order valence-corrected chi connectivity index (χ2v) is 3.28. The molecule has 0 fully saturated rings. The fourth-order valence-electron chi connectivity index (χ4n) is 1.34. The molecule has 17 heavy (non-hydrogen) atoms. The minimum atomic E-state index is -5.36. The largest absolute Gasteiger partial charge is 0.509 e. The lowest BCUT2D eigenvalue weighted by atomic mass is 9.76. The molecule has 0 aliphatic carbocycles. The molecule has 0 amide bonds. The zero-order chi connectivity index (χ0) is 13.2. The summed E-state index contributed by atoms with van der Waals surface area (Å²) in [6, 6.07) is 1.44. The summed E-state index contributed by atoms with van der Waals surface area (Å²) in [5.41, 5.74) is 5.97. The van der Waals surface area contributed by atoms with Gasteiger partial charge in [0, 0.05) is 10.6 Å². The van der Waals surface area contributed by atoms with E-state index in [9.17, 15) is 17.7 Å². The van der Waals surface area contributed by atoms with Crippen molar-refractivity contribution in [3.05, 3.63) is 33.7 Å². The van der Waals surface area contributed by atoms with E-state index in [1.807, 2.05) is 0 Å². The average molecular weight is 244 g/mol. The lowest BCUT2D eigenvalue weighted by Gasteiger charge is -2.19. The van der Waals surface area contributed by atoms with E-state index in [1.165, 1.54) is 0 Å². The second kappa shape index (κ2) is 4.38. The van der Waals surface area contributed by atoms with Gasteiger partial charge in [0.15, 0.2) is 0 Å². The third-order valence-corrected chi connectivity index (χ3v) is 2.17. The highest BCUT2D eigenvalue weighted by Crippen LogP contribution is 2.23. The average Bonchev–Trinajstić information content (AvgIpc) is 2.19. The number of nitrogens with zero attached hydrogens (tertiary/aromatic N) is 3. The van der Waals surface area contributed by atoms with Gasteiger partial charge in [-0.15, -0.1) is 5.46 Å². The van der Waals surface area contributed by atoms with E-state index < -0.39 is 24.0 Å². The maximum Gasteiger partial charge on any atom is 0.509 e. The van der Waals surface area contributed by atoms with Crippen LogP contribution in [0.3, 0.4) is 0 Å². The fourth-order valence-corrected chi connectivity index (χ4v) is 1.34. The van der Waals surface area contributed by atoms with Crippen molar-refractivity contribution in [3.8, 4) is 0 Å². The zero-order valence-corrected chi connectivity index (χ0v) is 8.56. The van der Waals surface area contributed by atoms with Gasteiger partial charge in [-0.3, -0.25) is 0 Å². The monoisotopic (exact) mass is 244 g/mol. The molecule has 5 nitrogen and oxygen atoms in total. The molecule has 0 spiro atoms. The second-order valence-electron chi connectivity index (χ2n) is 3.28. The molecular weight excluding hydrogens is 238 g/mol. The van der Waals surface area contributed by atoms with Crippen LogP contribution in [0.5, 0.6) is 0 Å². The van der Waals surface area contributed by atoms with E-state index in [-0.39, 0.29) is 11.3 Å². The van der Waals surface area contributed by atoms with E-state index >= 15 is 0 Å². The molecule has 0 aromatic heterocycles. The number of carboxylic acids is 1. The van der Waals surface area contributed by atoms with E-state index in [0.717, 1.165) is 13.0 Å². The minimum Gasteiger partial charge on any atom is -0.478 e. The Morgan fingerprint density at radius 3 is 2.47 bits per heavy atom. The van der Waals surface area contributed by atoms with Gasteiger partial charge >= 0.3 is 12.9 Å². The summed E-state index contributed by atoms with van der Waals surface area (Å²) in [5, 5.41) is 11.7. The Bertz CT molecular complexity index is 523. The van der Waals surface area contributed by atoms with Gasteiger partial charge in [-0.1, -0.05) is 16.7 Å². The summed E-state index contributed by atoms with van der Waals surface area (Å²) in [6.07, 6.45) is 0. The Morgan fingerprint density at radius 2 is 2.06 bits per heavy atom. The van der Waals surface area contributed by atoms with Gasteiger partial charge in [-0.05, 0) is 18.5 Å². The Balaban J connectivity index is 3.60. The highest BCUT2D eigenvalue weighted by atomic mass is 19.4. The predicted octanol–water partition coefficient (Wildman–Crippen LogP) is 2.69. The van der Waals surface area contributed by atoms with Crippen LogP contribution in [0.25, 0.3) is 10.4 Å². The summed E-state index contributed by atoms with van der Waals surface area (Å²) >= 11 is 0. The topological polar surface area (TPSA) is 86.1 Å². The molecule has 90 valence electrons. The van der Waals surface area contributed by atoms with Crippen LogP contribution in [0, 0.1) is 6.92 Å². The number of benzene rings is 1. The number of hydrogen-bond acceptors (Lipinski definition) is 2. The SMILES string of the molecule is Cc1c(N=[N+]=[N-])cc(C(=O)O)cc1[B-](F)(F)F. The Labute approximate surface area is 93.6 Å². The molecule has 0 bridgehead atoms. The van der Waals surface area contributed by atoms with E-state index in [0.29, 0.717) is 6.07 Å². The van der Waals surface area contributed by atoms with Crippen molar-refractivity contribution in [2.75, 3.05) is 0 Å². The number of carbonyl (C=O) groups is 1. The highest BCUT2D eigenvalue weighted by molar-refractivity contribution is 6.74. The summed E-state index contributed by atoms with van der Waals surface area (Å²) in [4.78, 5) is 13.0. The number of aromatic carboxylic acids is 1. The number of hydrogen-bond donors (Lipinski definition) is 1. The zero-order valence-electron chi connectivity index (χ0n) is 8.56. The van der Waals surface area contributed by atoms with Gasteiger partial charge in [0.05, 0.1) is 5.56 Å². The smallest absolute Gasteiger partial charge is 0.478 e. The summed E-state index contributed by atoms with van der Waals surface area (Å²) in [6.45, 7) is -4.23. The molecule has 1 N–H and O–H groups in total. The molecule has 0 unspecified atom stereocenters. The van der Waals surface area contributed by atoms with Crippen molar-refractivity contribution >= 4 is 24.1 Å². The molecule has 0 saturated heterocycles. The number of halogens is 3. The molecule has 0 aliphatic rings. The highest BCUT2D eigenvalue weighted by Gasteiger charge is 2.29. The van der Waals surface area contributed by atoms with Gasteiger partial charge < -0.3 is 18.1 Å². The van der Waals surface area contributed by atoms with Gasteiger partial charge in [-0.2, -0.15) is 0 Å². The van der Waals surface area contributed by atoms with Crippen LogP contribution in [-0.2, 0) is 0 Å². The van der Waals surface area contributed by atoms with Crippen LogP contribution in [0.4, 0.5) is 18.6 Å². The molecule has 1 rings (SSSR count). The first-order chi connectivity index (χ1) is 7.77. The third kappa shape index (κ3) is 2.70. The van der Waals surface area contributed by atoms with Crippen molar-refractivity contribution in [2.24, 2.45) is 5.11 Å². The van der Waals surface area contributed by atoms with Gasteiger partial charge in [0.1, 0.15) is 0 Å².